The molecular weight excluding hydrogens is 416 g/mol. The van der Waals surface area contributed by atoms with Gasteiger partial charge in [0, 0.05) is 23.1 Å². The number of nitrogens with zero attached hydrogens (tertiary/aromatic N) is 1. The van der Waals surface area contributed by atoms with Crippen LogP contribution in [0.1, 0.15) is 31.9 Å². The smallest absolute Gasteiger partial charge is 0.264 e. The molecule has 2 aromatic rings. The number of hydrogen-bond acceptors (Lipinski definition) is 3. The van der Waals surface area contributed by atoms with Gasteiger partial charge in [-0.25, -0.2) is 8.42 Å². The fourth-order valence-electron chi connectivity index (χ4n) is 3.42. The molecule has 0 bridgehead atoms. The van der Waals surface area contributed by atoms with E-state index in [1.807, 2.05) is 38.1 Å². The lowest BCUT2D eigenvalue weighted by atomic mass is 10.1. The summed E-state index contributed by atoms with van der Waals surface area (Å²) in [5.74, 6) is -0.164. The molecule has 0 saturated heterocycles. The van der Waals surface area contributed by atoms with Gasteiger partial charge in [-0.2, -0.15) is 0 Å². The van der Waals surface area contributed by atoms with Crippen LogP contribution in [0.2, 0.25) is 0 Å². The number of amides is 1. The molecule has 0 saturated carbocycles. The number of aryl methyl sites for hydroxylation is 1. The predicted molar refractivity (Wildman–Crippen MR) is 107 cm³/mol. The maximum absolute atomic E-state index is 13.1. The summed E-state index contributed by atoms with van der Waals surface area (Å²) in [5, 5.41) is 0. The van der Waals surface area contributed by atoms with Crippen LogP contribution >= 0.6 is 15.9 Å². The van der Waals surface area contributed by atoms with E-state index in [2.05, 4.69) is 20.7 Å². The van der Waals surface area contributed by atoms with Gasteiger partial charge in [-0.1, -0.05) is 35.0 Å². The maximum atomic E-state index is 13.1. The van der Waals surface area contributed by atoms with Crippen LogP contribution < -0.4 is 9.62 Å². The average molecular weight is 437 g/mol. The van der Waals surface area contributed by atoms with Crippen molar-refractivity contribution in [3.8, 4) is 0 Å². The normalized spacial score (nSPS) is 16.5. The van der Waals surface area contributed by atoms with Crippen LogP contribution in [0.5, 0.6) is 0 Å². The van der Waals surface area contributed by atoms with Crippen molar-refractivity contribution in [1.82, 2.24) is 0 Å². The molecule has 0 aliphatic carbocycles. The lowest BCUT2D eigenvalue weighted by Crippen LogP contribution is -2.34. The molecular formula is C19H21BrN2O3S. The minimum absolute atomic E-state index is 0.0748. The molecule has 1 amide bonds. The molecule has 138 valence electrons. The molecule has 1 aliphatic rings. The zero-order valence-electron chi connectivity index (χ0n) is 14.9. The summed E-state index contributed by atoms with van der Waals surface area (Å²) in [4.78, 5) is 13.8. The van der Waals surface area contributed by atoms with E-state index in [0.717, 1.165) is 17.5 Å². The number of hydrogen-bond donors (Lipinski definition) is 1. The molecule has 0 spiro atoms. The number of halogens is 1. The summed E-state index contributed by atoms with van der Waals surface area (Å²) in [6.45, 7) is 5.40. The molecule has 1 N–H and O–H groups in total. The number of rotatable bonds is 4. The predicted octanol–water partition coefficient (Wildman–Crippen LogP) is 4.11. The van der Waals surface area contributed by atoms with Crippen molar-refractivity contribution in [2.45, 2.75) is 44.6 Å². The van der Waals surface area contributed by atoms with Gasteiger partial charge < -0.3 is 4.90 Å². The Morgan fingerprint density at radius 1 is 1.31 bits per heavy atom. The highest BCUT2D eigenvalue weighted by atomic mass is 79.9. The molecule has 2 aromatic carbocycles. The fraction of sp³-hybridized carbons (Fsp3) is 0.316. The number of fused-ring (bicyclic) bond motifs is 1. The first-order valence-corrected chi connectivity index (χ1v) is 10.7. The molecule has 1 heterocycles. The molecule has 0 unspecified atom stereocenters. The molecule has 26 heavy (non-hydrogen) atoms. The molecule has 7 heteroatoms. The number of nitrogens with one attached hydrogen (secondary N) is 1. The van der Waals surface area contributed by atoms with Crippen molar-refractivity contribution < 1.29 is 13.2 Å². The van der Waals surface area contributed by atoms with E-state index in [4.69, 9.17) is 0 Å². The van der Waals surface area contributed by atoms with Crippen molar-refractivity contribution >= 4 is 43.2 Å². The topological polar surface area (TPSA) is 66.5 Å². The van der Waals surface area contributed by atoms with Gasteiger partial charge in [-0.15, -0.1) is 0 Å². The first-order valence-electron chi connectivity index (χ1n) is 8.47. The van der Waals surface area contributed by atoms with Gasteiger partial charge in [-0.3, -0.25) is 9.52 Å². The van der Waals surface area contributed by atoms with Crippen molar-refractivity contribution in [3.05, 3.63) is 52.0 Å². The second-order valence-electron chi connectivity index (χ2n) is 6.51. The average Bonchev–Trinajstić information content (AvgIpc) is 2.89. The summed E-state index contributed by atoms with van der Waals surface area (Å²) >= 11 is 3.40. The Kier molecular flexibility index (Phi) is 5.12. The minimum Gasteiger partial charge on any atom is -0.308 e. The van der Waals surface area contributed by atoms with Crippen LogP contribution in [-0.4, -0.2) is 20.4 Å². The van der Waals surface area contributed by atoms with Gasteiger partial charge >= 0.3 is 0 Å². The fourth-order valence-corrected chi connectivity index (χ4v) is 5.39. The van der Waals surface area contributed by atoms with Crippen molar-refractivity contribution in [2.75, 3.05) is 9.62 Å². The lowest BCUT2D eigenvalue weighted by Gasteiger charge is -2.23. The number of anilines is 2. The number of sulfonamides is 1. The third-order valence-corrected chi connectivity index (χ3v) is 6.38. The van der Waals surface area contributed by atoms with Crippen LogP contribution in [0.4, 0.5) is 11.4 Å². The standard InChI is InChI=1S/C19H21BrN2O3S/c1-4-14-6-5-7-17(9-14)21-26(24,25)18-11-16(20)10-15-8-12(2)22(13(3)23)19(15)18/h5-7,9-12,21H,4,8H2,1-3H3/t12-/m1/s1. The molecule has 3 rings (SSSR count). The number of carbonyl (C=O) groups is 1. The Labute approximate surface area is 162 Å². The maximum Gasteiger partial charge on any atom is 0.264 e. The first kappa shape index (κ1) is 18.9. The van der Waals surface area contributed by atoms with Crippen molar-refractivity contribution in [1.29, 1.82) is 0 Å². The van der Waals surface area contributed by atoms with E-state index < -0.39 is 10.0 Å². The highest BCUT2D eigenvalue weighted by Crippen LogP contribution is 2.40. The van der Waals surface area contributed by atoms with Gasteiger partial charge in [-0.05, 0) is 55.2 Å². The van der Waals surface area contributed by atoms with Crippen molar-refractivity contribution in [2.24, 2.45) is 0 Å². The summed E-state index contributed by atoms with van der Waals surface area (Å²) < 4.78 is 29.6. The monoisotopic (exact) mass is 436 g/mol. The van der Waals surface area contributed by atoms with Gasteiger partial charge in [0.05, 0.1) is 5.69 Å². The lowest BCUT2D eigenvalue weighted by molar-refractivity contribution is -0.116. The molecule has 0 fully saturated rings. The van der Waals surface area contributed by atoms with Gasteiger partial charge in [0.25, 0.3) is 10.0 Å². The second kappa shape index (κ2) is 7.04. The summed E-state index contributed by atoms with van der Waals surface area (Å²) in [7, 11) is -3.85. The largest absolute Gasteiger partial charge is 0.308 e. The summed E-state index contributed by atoms with van der Waals surface area (Å²) in [5.41, 5.74) is 2.89. The minimum atomic E-state index is -3.85. The van der Waals surface area contributed by atoms with Crippen LogP contribution in [-0.2, 0) is 27.7 Å². The van der Waals surface area contributed by atoms with Crippen LogP contribution in [0.25, 0.3) is 0 Å². The quantitative estimate of drug-likeness (QED) is 0.783. The molecule has 1 atom stereocenters. The van der Waals surface area contributed by atoms with Gasteiger partial charge in [0.1, 0.15) is 4.90 Å². The Balaban J connectivity index is 2.10. The van der Waals surface area contributed by atoms with Crippen LogP contribution in [0.15, 0.2) is 45.8 Å². The second-order valence-corrected chi connectivity index (χ2v) is 9.08. The molecule has 1 aliphatic heterocycles. The zero-order chi connectivity index (χ0) is 19.1. The molecule has 0 radical (unpaired) electrons. The van der Waals surface area contributed by atoms with E-state index >= 15 is 0 Å². The summed E-state index contributed by atoms with van der Waals surface area (Å²) in [6.07, 6.45) is 1.44. The number of benzene rings is 2. The highest BCUT2D eigenvalue weighted by Gasteiger charge is 2.35. The van der Waals surface area contributed by atoms with E-state index in [0.29, 0.717) is 22.3 Å². The Morgan fingerprint density at radius 2 is 2.04 bits per heavy atom. The van der Waals surface area contributed by atoms with Crippen LogP contribution in [0.3, 0.4) is 0 Å². The third-order valence-electron chi connectivity index (χ3n) is 4.53. The van der Waals surface area contributed by atoms with E-state index in [9.17, 15) is 13.2 Å². The van der Waals surface area contributed by atoms with E-state index in [1.54, 1.807) is 17.0 Å². The third kappa shape index (κ3) is 3.50. The SMILES string of the molecule is CCc1cccc(NS(=O)(=O)c2cc(Br)cc3c2N(C(C)=O)[C@H](C)C3)c1. The van der Waals surface area contributed by atoms with Gasteiger partial charge in [0.2, 0.25) is 5.91 Å². The Bertz CT molecular complexity index is 973. The van der Waals surface area contributed by atoms with Crippen LogP contribution in [0, 0.1) is 0 Å². The molecule has 5 nitrogen and oxygen atoms in total. The first-order chi connectivity index (χ1) is 12.2. The van der Waals surface area contributed by atoms with Gasteiger partial charge in [0.15, 0.2) is 0 Å². The Hall–Kier alpha value is -1.86. The van der Waals surface area contributed by atoms with E-state index in [1.165, 1.54) is 6.92 Å². The highest BCUT2D eigenvalue weighted by molar-refractivity contribution is 9.10. The van der Waals surface area contributed by atoms with Crippen molar-refractivity contribution in [3.63, 3.8) is 0 Å². The summed E-state index contributed by atoms with van der Waals surface area (Å²) in [6, 6.07) is 10.7. The van der Waals surface area contributed by atoms with E-state index in [-0.39, 0.29) is 16.8 Å². The zero-order valence-corrected chi connectivity index (χ0v) is 17.3. The Morgan fingerprint density at radius 3 is 2.69 bits per heavy atom. The molecule has 0 aromatic heterocycles. The number of carbonyl (C=O) groups excluding carboxylic acids is 1.